The van der Waals surface area contributed by atoms with Gasteiger partial charge in [0.15, 0.2) is 0 Å². The maximum Gasteiger partial charge on any atom is 0.235 e. The second-order valence-electron chi connectivity index (χ2n) is 5.45. The minimum absolute atomic E-state index is 0.0821. The van der Waals surface area contributed by atoms with E-state index in [0.717, 1.165) is 16.8 Å². The number of rotatable bonds is 3. The summed E-state index contributed by atoms with van der Waals surface area (Å²) in [7, 11) is 1.60. The number of hydrogen-bond acceptors (Lipinski definition) is 6. The highest BCUT2D eigenvalue weighted by molar-refractivity contribution is 5.95. The minimum atomic E-state index is -0.299. The number of anilines is 1. The molecule has 1 amide bonds. The molecule has 24 heavy (non-hydrogen) atoms. The molecule has 1 atom stereocenters. The van der Waals surface area contributed by atoms with E-state index in [1.807, 2.05) is 12.1 Å². The van der Waals surface area contributed by atoms with Crippen LogP contribution in [-0.4, -0.2) is 28.1 Å². The van der Waals surface area contributed by atoms with Gasteiger partial charge in [-0.05, 0) is 35.9 Å². The molecule has 1 aromatic carbocycles. The molecule has 120 valence electrons. The zero-order valence-corrected chi connectivity index (χ0v) is 12.9. The number of nitrogens with one attached hydrogen (secondary N) is 1. The summed E-state index contributed by atoms with van der Waals surface area (Å²) in [5.74, 6) is 1.21. The lowest BCUT2D eigenvalue weighted by atomic mass is 9.90. The molecular weight excluding hydrogens is 308 g/mol. The van der Waals surface area contributed by atoms with Gasteiger partial charge in [-0.3, -0.25) is 9.78 Å². The average molecular weight is 322 g/mol. The molecule has 0 spiro atoms. The fraction of sp³-hybridized carbons (Fsp3) is 0.176. The molecule has 7 nitrogen and oxygen atoms in total. The summed E-state index contributed by atoms with van der Waals surface area (Å²) in [5, 5.41) is 6.88. The Labute approximate surface area is 137 Å². The standard InChI is InChI=1S/C17H14N4O3/c1-23-11-2-3-14-12(8-11)13(9-15(22)19-14)17-20-16(21-24-17)10-4-6-18-7-5-10/h2-8,13H,9H2,1H3,(H,19,22). The van der Waals surface area contributed by atoms with Gasteiger partial charge in [0.2, 0.25) is 17.6 Å². The van der Waals surface area contributed by atoms with Crippen LogP contribution in [0.3, 0.4) is 0 Å². The molecule has 3 aromatic rings. The van der Waals surface area contributed by atoms with Crippen LogP contribution in [0.4, 0.5) is 5.69 Å². The molecule has 1 N–H and O–H groups in total. The van der Waals surface area contributed by atoms with Gasteiger partial charge in [-0.2, -0.15) is 4.98 Å². The van der Waals surface area contributed by atoms with Crippen LogP contribution >= 0.6 is 0 Å². The minimum Gasteiger partial charge on any atom is -0.497 e. The Kier molecular flexibility index (Phi) is 3.45. The number of carbonyl (C=O) groups is 1. The monoisotopic (exact) mass is 322 g/mol. The first-order valence-corrected chi connectivity index (χ1v) is 7.46. The summed E-state index contributed by atoms with van der Waals surface area (Å²) in [4.78, 5) is 20.4. The molecule has 0 saturated heterocycles. The van der Waals surface area contributed by atoms with E-state index in [9.17, 15) is 4.79 Å². The van der Waals surface area contributed by atoms with Crippen molar-refractivity contribution in [2.75, 3.05) is 12.4 Å². The third-order valence-electron chi connectivity index (χ3n) is 3.98. The first kappa shape index (κ1) is 14.4. The summed E-state index contributed by atoms with van der Waals surface area (Å²) in [5.41, 5.74) is 2.45. The molecule has 0 fully saturated rings. The molecule has 7 heteroatoms. The zero-order chi connectivity index (χ0) is 16.5. The number of benzene rings is 1. The van der Waals surface area contributed by atoms with Gasteiger partial charge in [-0.1, -0.05) is 5.16 Å². The van der Waals surface area contributed by atoms with Gasteiger partial charge >= 0.3 is 0 Å². The predicted molar refractivity (Wildman–Crippen MR) is 85.6 cm³/mol. The number of amides is 1. The lowest BCUT2D eigenvalue weighted by Gasteiger charge is -2.23. The second-order valence-corrected chi connectivity index (χ2v) is 5.45. The van der Waals surface area contributed by atoms with Crippen LogP contribution < -0.4 is 10.1 Å². The number of carbonyl (C=O) groups excluding carboxylic acids is 1. The number of aromatic nitrogens is 3. The summed E-state index contributed by atoms with van der Waals surface area (Å²) in [6.45, 7) is 0. The van der Waals surface area contributed by atoms with Crippen molar-refractivity contribution in [1.82, 2.24) is 15.1 Å². The number of methoxy groups -OCH3 is 1. The van der Waals surface area contributed by atoms with Crippen LogP contribution in [0.5, 0.6) is 5.75 Å². The van der Waals surface area contributed by atoms with E-state index < -0.39 is 0 Å². The molecular formula is C17H14N4O3. The van der Waals surface area contributed by atoms with Gasteiger partial charge in [0.25, 0.3) is 0 Å². The lowest BCUT2D eigenvalue weighted by molar-refractivity contribution is -0.116. The van der Waals surface area contributed by atoms with Gasteiger partial charge in [0.1, 0.15) is 5.75 Å². The number of pyridine rings is 1. The first-order chi connectivity index (χ1) is 11.7. The number of fused-ring (bicyclic) bond motifs is 1. The maximum absolute atomic E-state index is 12.0. The van der Waals surface area contributed by atoms with E-state index in [1.165, 1.54) is 0 Å². The Hall–Kier alpha value is -3.22. The van der Waals surface area contributed by atoms with E-state index in [0.29, 0.717) is 17.5 Å². The molecule has 1 aliphatic heterocycles. The van der Waals surface area contributed by atoms with Crippen LogP contribution in [-0.2, 0) is 4.79 Å². The van der Waals surface area contributed by atoms with Gasteiger partial charge in [-0.15, -0.1) is 0 Å². The van der Waals surface area contributed by atoms with Crippen LogP contribution in [0.15, 0.2) is 47.2 Å². The largest absolute Gasteiger partial charge is 0.497 e. The van der Waals surface area contributed by atoms with Crippen molar-refractivity contribution >= 4 is 11.6 Å². The van der Waals surface area contributed by atoms with Crippen LogP contribution in [0, 0.1) is 0 Å². The lowest BCUT2D eigenvalue weighted by Crippen LogP contribution is -2.23. The first-order valence-electron chi connectivity index (χ1n) is 7.46. The fourth-order valence-electron chi connectivity index (χ4n) is 2.78. The Morgan fingerprint density at radius 1 is 1.25 bits per heavy atom. The summed E-state index contributed by atoms with van der Waals surface area (Å²) < 4.78 is 10.7. The Bertz CT molecular complexity index is 892. The van der Waals surface area contributed by atoms with E-state index in [-0.39, 0.29) is 18.2 Å². The second kappa shape index (κ2) is 5.77. The topological polar surface area (TPSA) is 90.1 Å². The van der Waals surface area contributed by atoms with Crippen molar-refractivity contribution in [3.05, 3.63) is 54.2 Å². The van der Waals surface area contributed by atoms with Crippen molar-refractivity contribution in [3.63, 3.8) is 0 Å². The van der Waals surface area contributed by atoms with E-state index in [4.69, 9.17) is 9.26 Å². The quantitative estimate of drug-likeness (QED) is 0.797. The highest BCUT2D eigenvalue weighted by Crippen LogP contribution is 2.38. The average Bonchev–Trinajstić information content (AvgIpc) is 3.11. The van der Waals surface area contributed by atoms with Gasteiger partial charge < -0.3 is 14.6 Å². The molecule has 2 aromatic heterocycles. The Morgan fingerprint density at radius 2 is 2.08 bits per heavy atom. The molecule has 0 saturated carbocycles. The van der Waals surface area contributed by atoms with E-state index in [2.05, 4.69) is 20.4 Å². The third-order valence-corrected chi connectivity index (χ3v) is 3.98. The summed E-state index contributed by atoms with van der Waals surface area (Å²) in [6, 6.07) is 9.12. The molecule has 1 unspecified atom stereocenters. The van der Waals surface area contributed by atoms with Crippen molar-refractivity contribution in [2.24, 2.45) is 0 Å². The zero-order valence-electron chi connectivity index (χ0n) is 12.9. The van der Waals surface area contributed by atoms with Crippen LogP contribution in [0.2, 0.25) is 0 Å². The van der Waals surface area contributed by atoms with Gasteiger partial charge in [-0.25, -0.2) is 0 Å². The molecule has 0 aliphatic carbocycles. The number of ether oxygens (including phenoxy) is 1. The summed E-state index contributed by atoms with van der Waals surface area (Å²) in [6.07, 6.45) is 3.58. The molecule has 3 heterocycles. The van der Waals surface area contributed by atoms with Gasteiger partial charge in [0, 0.05) is 30.1 Å². The third kappa shape index (κ3) is 2.50. The molecule has 0 radical (unpaired) electrons. The fourth-order valence-corrected chi connectivity index (χ4v) is 2.78. The maximum atomic E-state index is 12.0. The van der Waals surface area contributed by atoms with Crippen molar-refractivity contribution in [2.45, 2.75) is 12.3 Å². The van der Waals surface area contributed by atoms with Crippen molar-refractivity contribution in [3.8, 4) is 17.1 Å². The molecule has 0 bridgehead atoms. The Balaban J connectivity index is 1.75. The highest BCUT2D eigenvalue weighted by Gasteiger charge is 2.31. The van der Waals surface area contributed by atoms with E-state index in [1.54, 1.807) is 37.7 Å². The SMILES string of the molecule is COc1ccc2c(c1)C(c1nc(-c3ccncc3)no1)CC(=O)N2. The van der Waals surface area contributed by atoms with Crippen molar-refractivity contribution in [1.29, 1.82) is 0 Å². The normalized spacial score (nSPS) is 16.4. The van der Waals surface area contributed by atoms with Gasteiger partial charge in [0.05, 0.1) is 13.0 Å². The highest BCUT2D eigenvalue weighted by atomic mass is 16.5. The number of hydrogen-bond donors (Lipinski definition) is 1. The predicted octanol–water partition coefficient (Wildman–Crippen LogP) is 2.61. The van der Waals surface area contributed by atoms with Crippen LogP contribution in [0.1, 0.15) is 23.8 Å². The number of nitrogens with zero attached hydrogens (tertiary/aromatic N) is 3. The summed E-state index contributed by atoms with van der Waals surface area (Å²) >= 11 is 0. The molecule has 4 rings (SSSR count). The van der Waals surface area contributed by atoms with Crippen LogP contribution in [0.25, 0.3) is 11.4 Å². The van der Waals surface area contributed by atoms with Crippen molar-refractivity contribution < 1.29 is 14.1 Å². The van der Waals surface area contributed by atoms with E-state index >= 15 is 0 Å². The smallest absolute Gasteiger partial charge is 0.235 e. The Morgan fingerprint density at radius 3 is 2.88 bits per heavy atom. The molecule has 1 aliphatic rings.